The van der Waals surface area contributed by atoms with Gasteiger partial charge >= 0.3 is 0 Å². The van der Waals surface area contributed by atoms with Crippen molar-refractivity contribution in [1.29, 1.82) is 0 Å². The zero-order chi connectivity index (χ0) is 13.5. The molecule has 2 saturated heterocycles. The number of rotatable bonds is 3. The molecule has 3 N–H and O–H groups in total. The van der Waals surface area contributed by atoms with E-state index in [9.17, 15) is 15.3 Å². The van der Waals surface area contributed by atoms with E-state index in [4.69, 9.17) is 14.2 Å². The Morgan fingerprint density at radius 1 is 1.26 bits per heavy atom. The van der Waals surface area contributed by atoms with Crippen LogP contribution < -0.4 is 0 Å². The molecule has 0 radical (unpaired) electrons. The quantitative estimate of drug-likeness (QED) is 0.632. The Hall–Kier alpha value is -1.02. The van der Waals surface area contributed by atoms with Gasteiger partial charge in [0.2, 0.25) is 0 Å². The first kappa shape index (κ1) is 13.0. The van der Waals surface area contributed by atoms with E-state index in [0.717, 1.165) is 5.56 Å². The molecule has 1 aromatic carbocycles. The summed E-state index contributed by atoms with van der Waals surface area (Å²) in [7, 11) is 0. The van der Waals surface area contributed by atoms with Crippen LogP contribution >= 0.6 is 0 Å². The van der Waals surface area contributed by atoms with E-state index >= 15 is 0 Å². The van der Waals surface area contributed by atoms with Crippen LogP contribution in [0.2, 0.25) is 0 Å². The molecule has 2 aliphatic rings. The topological polar surface area (TPSA) is 91.7 Å². The molecule has 2 aliphatic heterocycles. The molecule has 1 aromatic rings. The van der Waals surface area contributed by atoms with Crippen molar-refractivity contribution >= 4 is 0 Å². The molecular formula is C13H16O6. The standard InChI is InChI=1S/C13H16O6/c14-10-7-17-8-12(15)13(16,19-12)11(10)18-6-9-4-2-1-3-5-9/h1-5,10-11,14-16H,6-8H2/t10-,11-,12-,13-/m1/s1. The molecule has 19 heavy (non-hydrogen) atoms. The maximum absolute atomic E-state index is 10.2. The second kappa shape index (κ2) is 4.52. The van der Waals surface area contributed by atoms with Gasteiger partial charge in [0.25, 0.3) is 11.6 Å². The van der Waals surface area contributed by atoms with E-state index in [2.05, 4.69) is 0 Å². The Kier molecular flexibility index (Phi) is 3.09. The SMILES string of the molecule is O[C@@H]1COC[C@@]2(O)O[C@]2(O)[C@@H]1OCc1ccccc1. The van der Waals surface area contributed by atoms with Crippen LogP contribution in [-0.4, -0.2) is 52.3 Å². The van der Waals surface area contributed by atoms with Crippen LogP contribution in [0.25, 0.3) is 0 Å². The van der Waals surface area contributed by atoms with Crippen LogP contribution in [0.5, 0.6) is 0 Å². The van der Waals surface area contributed by atoms with Gasteiger partial charge in [0.05, 0.1) is 13.2 Å². The highest BCUT2D eigenvalue weighted by Crippen LogP contribution is 2.49. The molecular weight excluding hydrogens is 252 g/mol. The largest absolute Gasteiger partial charge is 0.388 e. The van der Waals surface area contributed by atoms with Gasteiger partial charge in [-0.05, 0) is 5.56 Å². The van der Waals surface area contributed by atoms with Crippen molar-refractivity contribution in [2.75, 3.05) is 13.2 Å². The summed E-state index contributed by atoms with van der Waals surface area (Å²) in [6.45, 7) is -0.0104. The second-order valence-electron chi connectivity index (χ2n) is 4.88. The van der Waals surface area contributed by atoms with Crippen LogP contribution in [0.4, 0.5) is 0 Å². The van der Waals surface area contributed by atoms with Crippen molar-refractivity contribution in [1.82, 2.24) is 0 Å². The summed E-state index contributed by atoms with van der Waals surface area (Å²) in [4.78, 5) is 0. The van der Waals surface area contributed by atoms with E-state index in [1.807, 2.05) is 30.3 Å². The average Bonchev–Trinajstić information content (AvgIpc) is 2.94. The maximum atomic E-state index is 10.2. The predicted octanol–water partition coefficient (Wildman–Crippen LogP) is -0.630. The van der Waals surface area contributed by atoms with Gasteiger partial charge in [0.15, 0.2) is 0 Å². The number of benzene rings is 1. The van der Waals surface area contributed by atoms with Gasteiger partial charge in [0, 0.05) is 0 Å². The van der Waals surface area contributed by atoms with Crippen molar-refractivity contribution in [3.05, 3.63) is 35.9 Å². The van der Waals surface area contributed by atoms with E-state index in [1.54, 1.807) is 0 Å². The molecule has 0 bridgehead atoms. The summed E-state index contributed by atoms with van der Waals surface area (Å²) in [5.41, 5.74) is 0.896. The highest BCUT2D eigenvalue weighted by atomic mass is 16.9. The number of hydrogen-bond acceptors (Lipinski definition) is 6. The fraction of sp³-hybridized carbons (Fsp3) is 0.538. The van der Waals surface area contributed by atoms with Gasteiger partial charge in [-0.15, -0.1) is 0 Å². The molecule has 2 heterocycles. The number of hydrogen-bond donors (Lipinski definition) is 3. The molecule has 0 unspecified atom stereocenters. The van der Waals surface area contributed by atoms with Crippen molar-refractivity contribution in [3.63, 3.8) is 0 Å². The number of aliphatic hydroxyl groups excluding tert-OH is 1. The Morgan fingerprint density at radius 2 is 2.00 bits per heavy atom. The van der Waals surface area contributed by atoms with Crippen LogP contribution in [0.15, 0.2) is 30.3 Å². The molecule has 0 aliphatic carbocycles. The number of fused-ring (bicyclic) bond motifs is 1. The van der Waals surface area contributed by atoms with Gasteiger partial charge in [-0.25, -0.2) is 0 Å². The zero-order valence-electron chi connectivity index (χ0n) is 10.2. The van der Waals surface area contributed by atoms with Crippen LogP contribution in [0.3, 0.4) is 0 Å². The molecule has 0 spiro atoms. The molecule has 6 heteroatoms. The van der Waals surface area contributed by atoms with Gasteiger partial charge in [-0.1, -0.05) is 30.3 Å². The number of ether oxygens (including phenoxy) is 3. The summed E-state index contributed by atoms with van der Waals surface area (Å²) >= 11 is 0. The van der Waals surface area contributed by atoms with E-state index in [1.165, 1.54) is 0 Å². The number of aliphatic hydroxyl groups is 3. The fourth-order valence-electron chi connectivity index (χ4n) is 2.30. The minimum Gasteiger partial charge on any atom is -0.388 e. The highest BCUT2D eigenvalue weighted by molar-refractivity contribution is 5.14. The van der Waals surface area contributed by atoms with E-state index < -0.39 is 23.8 Å². The van der Waals surface area contributed by atoms with Crippen molar-refractivity contribution in [2.45, 2.75) is 30.4 Å². The minimum atomic E-state index is -1.91. The first-order chi connectivity index (χ1) is 9.05. The van der Waals surface area contributed by atoms with Crippen LogP contribution in [-0.2, 0) is 20.8 Å². The number of epoxide rings is 1. The molecule has 6 nitrogen and oxygen atoms in total. The lowest BCUT2D eigenvalue weighted by molar-refractivity contribution is -0.163. The summed E-state index contributed by atoms with van der Waals surface area (Å²) in [6.07, 6.45) is -2.12. The molecule has 104 valence electrons. The molecule has 3 rings (SSSR count). The summed E-state index contributed by atoms with van der Waals surface area (Å²) in [5.74, 6) is -3.69. The Morgan fingerprint density at radius 3 is 2.74 bits per heavy atom. The van der Waals surface area contributed by atoms with Crippen LogP contribution in [0, 0.1) is 0 Å². The van der Waals surface area contributed by atoms with Gasteiger partial charge in [-0.3, -0.25) is 0 Å². The van der Waals surface area contributed by atoms with Crippen molar-refractivity contribution in [2.24, 2.45) is 0 Å². The van der Waals surface area contributed by atoms with E-state index in [0.29, 0.717) is 0 Å². The molecule has 4 atom stereocenters. The molecule has 2 fully saturated rings. The third-order valence-electron chi connectivity index (χ3n) is 3.44. The summed E-state index contributed by atoms with van der Waals surface area (Å²) < 4.78 is 15.5. The minimum absolute atomic E-state index is 0.0204. The van der Waals surface area contributed by atoms with E-state index in [-0.39, 0.29) is 19.8 Å². The first-order valence-electron chi connectivity index (χ1n) is 6.11. The molecule has 0 aromatic heterocycles. The smallest absolute Gasteiger partial charge is 0.256 e. The Labute approximate surface area is 110 Å². The monoisotopic (exact) mass is 268 g/mol. The lowest BCUT2D eigenvalue weighted by Crippen LogP contribution is -2.46. The Bertz CT molecular complexity index is 452. The third kappa shape index (κ3) is 2.16. The third-order valence-corrected chi connectivity index (χ3v) is 3.44. The van der Waals surface area contributed by atoms with Crippen molar-refractivity contribution < 1.29 is 29.5 Å². The average molecular weight is 268 g/mol. The summed E-state index contributed by atoms with van der Waals surface area (Å²) in [5, 5.41) is 29.9. The zero-order valence-corrected chi connectivity index (χ0v) is 10.2. The fourth-order valence-corrected chi connectivity index (χ4v) is 2.30. The van der Waals surface area contributed by atoms with Gasteiger partial charge in [0.1, 0.15) is 18.8 Å². The molecule has 0 saturated carbocycles. The predicted molar refractivity (Wildman–Crippen MR) is 62.8 cm³/mol. The van der Waals surface area contributed by atoms with Crippen molar-refractivity contribution in [3.8, 4) is 0 Å². The normalized spacial score (nSPS) is 41.4. The maximum Gasteiger partial charge on any atom is 0.256 e. The lowest BCUT2D eigenvalue weighted by atomic mass is 10.0. The second-order valence-corrected chi connectivity index (χ2v) is 4.88. The summed E-state index contributed by atoms with van der Waals surface area (Å²) in [6, 6.07) is 9.34. The first-order valence-corrected chi connectivity index (χ1v) is 6.11. The molecule has 0 amide bonds. The van der Waals surface area contributed by atoms with Crippen LogP contribution in [0.1, 0.15) is 5.56 Å². The lowest BCUT2D eigenvalue weighted by Gasteiger charge is -2.24. The Balaban J connectivity index is 1.71. The van der Waals surface area contributed by atoms with Gasteiger partial charge < -0.3 is 29.5 Å². The highest BCUT2D eigenvalue weighted by Gasteiger charge is 2.76. The van der Waals surface area contributed by atoms with Gasteiger partial charge in [-0.2, -0.15) is 0 Å².